The molecule has 5 rings (SSSR count). The minimum Gasteiger partial charge on any atom is -0.318 e. The second-order valence-electron chi connectivity index (χ2n) is 7.38. The monoisotopic (exact) mass is 421 g/mol. The molecule has 0 aromatic heterocycles. The predicted molar refractivity (Wildman–Crippen MR) is 120 cm³/mol. The Morgan fingerprint density at radius 3 is 1.97 bits per heavy atom. The molecular weight excluding hydrogens is 397 g/mol. The van der Waals surface area contributed by atoms with E-state index in [1.807, 2.05) is 66.7 Å². The highest BCUT2D eigenvalue weighted by molar-refractivity contribution is 7.96. The van der Waals surface area contributed by atoms with E-state index in [1.165, 1.54) is 18.5 Å². The van der Waals surface area contributed by atoms with E-state index in [1.54, 1.807) is 0 Å². The molecule has 0 saturated carbocycles. The normalized spacial score (nSPS) is 21.9. The van der Waals surface area contributed by atoms with Crippen LogP contribution in [-0.4, -0.2) is 28.0 Å². The second kappa shape index (κ2) is 7.91. The number of nitrogens with zero attached hydrogens (tertiary/aromatic N) is 3. The minimum atomic E-state index is -2.74. The van der Waals surface area contributed by atoms with Crippen LogP contribution in [0.1, 0.15) is 12.8 Å². The molecule has 0 amide bonds. The molecule has 0 spiro atoms. The minimum absolute atomic E-state index is 0.500. The Morgan fingerprint density at radius 1 is 0.828 bits per heavy atom. The number of hydrogen-bond acceptors (Lipinski definition) is 4. The summed E-state index contributed by atoms with van der Waals surface area (Å²) < 4.78 is 24.6. The molecule has 3 aromatic rings. The van der Waals surface area contributed by atoms with Crippen molar-refractivity contribution < 1.29 is 4.21 Å². The van der Waals surface area contributed by atoms with Gasteiger partial charge in [-0.25, -0.2) is 8.88 Å². The summed E-state index contributed by atoms with van der Waals surface area (Å²) in [6, 6.07) is 30.4. The average Bonchev–Trinajstić information content (AvgIpc) is 3.38. The summed E-state index contributed by atoms with van der Waals surface area (Å²) >= 11 is 0. The Balaban J connectivity index is 1.68. The molecule has 29 heavy (non-hydrogen) atoms. The lowest BCUT2D eigenvalue weighted by Crippen LogP contribution is -2.20. The lowest BCUT2D eigenvalue weighted by atomic mass is 10.2. The summed E-state index contributed by atoms with van der Waals surface area (Å²) in [6.07, 6.45) is 2.38. The quantitative estimate of drug-likeness (QED) is 0.501. The molecule has 6 heteroatoms. The van der Waals surface area contributed by atoms with Crippen LogP contribution < -0.4 is 4.67 Å². The van der Waals surface area contributed by atoms with Crippen molar-refractivity contribution in [2.45, 2.75) is 28.7 Å². The summed E-state index contributed by atoms with van der Waals surface area (Å²) in [4.78, 5) is 1.56. The zero-order chi connectivity index (χ0) is 19.7. The lowest BCUT2D eigenvalue weighted by molar-refractivity contribution is 0.465. The first-order chi connectivity index (χ1) is 14.3. The van der Waals surface area contributed by atoms with E-state index in [0.29, 0.717) is 6.04 Å². The van der Waals surface area contributed by atoms with Gasteiger partial charge in [-0.05, 0) is 49.2 Å². The highest BCUT2D eigenvalue weighted by Crippen LogP contribution is 2.58. The average molecular weight is 422 g/mol. The maximum Gasteiger partial charge on any atom is 0.208 e. The van der Waals surface area contributed by atoms with E-state index in [0.717, 1.165) is 22.9 Å². The van der Waals surface area contributed by atoms with Crippen molar-refractivity contribution in [1.82, 2.24) is 4.67 Å². The second-order valence-corrected chi connectivity index (χ2v) is 11.6. The third-order valence-corrected chi connectivity index (χ3v) is 10.7. The SMILES string of the molecule is O=S(=NP1N(c2ccccc2)C[C@@H]2CCCN21)(c1ccccc1)c1ccccc1. The van der Waals surface area contributed by atoms with Gasteiger partial charge in [0.05, 0.1) is 9.79 Å². The van der Waals surface area contributed by atoms with Crippen LogP contribution in [0.4, 0.5) is 5.69 Å². The van der Waals surface area contributed by atoms with E-state index in [9.17, 15) is 4.21 Å². The smallest absolute Gasteiger partial charge is 0.208 e. The Hall–Kier alpha value is -2.20. The van der Waals surface area contributed by atoms with Crippen LogP contribution in [-0.2, 0) is 9.73 Å². The summed E-state index contributed by atoms with van der Waals surface area (Å²) in [6.45, 7) is 1.99. The van der Waals surface area contributed by atoms with Crippen molar-refractivity contribution in [2.24, 2.45) is 4.13 Å². The van der Waals surface area contributed by atoms with Gasteiger partial charge in [-0.1, -0.05) is 54.6 Å². The zero-order valence-corrected chi connectivity index (χ0v) is 17.9. The van der Waals surface area contributed by atoms with Gasteiger partial charge in [0.25, 0.3) is 0 Å². The maximum absolute atomic E-state index is 14.5. The van der Waals surface area contributed by atoms with Crippen molar-refractivity contribution in [3.05, 3.63) is 91.0 Å². The number of hydrogen-bond donors (Lipinski definition) is 0. The molecule has 2 saturated heterocycles. The highest BCUT2D eigenvalue weighted by atomic mass is 32.2. The Morgan fingerprint density at radius 2 is 1.38 bits per heavy atom. The molecule has 3 aromatic carbocycles. The molecule has 2 atom stereocenters. The predicted octanol–water partition coefficient (Wildman–Crippen LogP) is 5.78. The van der Waals surface area contributed by atoms with Crippen LogP contribution in [0.5, 0.6) is 0 Å². The Kier molecular flexibility index (Phi) is 5.13. The number of para-hydroxylation sites is 1. The van der Waals surface area contributed by atoms with E-state index in [2.05, 4.69) is 33.6 Å². The molecule has 2 aliphatic heterocycles. The van der Waals surface area contributed by atoms with E-state index in [-0.39, 0.29) is 0 Å². The van der Waals surface area contributed by atoms with Crippen LogP contribution in [0, 0.1) is 0 Å². The highest BCUT2D eigenvalue weighted by Gasteiger charge is 2.44. The Labute approximate surface area is 174 Å². The first-order valence-corrected chi connectivity index (χ1v) is 12.7. The van der Waals surface area contributed by atoms with E-state index < -0.39 is 18.1 Å². The van der Waals surface area contributed by atoms with Gasteiger partial charge in [0.1, 0.15) is 9.73 Å². The van der Waals surface area contributed by atoms with Crippen LogP contribution in [0.2, 0.25) is 0 Å². The molecule has 148 valence electrons. The molecule has 2 heterocycles. The van der Waals surface area contributed by atoms with Crippen molar-refractivity contribution in [1.29, 1.82) is 0 Å². The topological polar surface area (TPSA) is 35.9 Å². The zero-order valence-electron chi connectivity index (χ0n) is 16.2. The number of rotatable bonds is 4. The fourth-order valence-corrected chi connectivity index (χ4v) is 9.48. The summed E-state index contributed by atoms with van der Waals surface area (Å²) in [5.74, 6) is 0. The summed E-state index contributed by atoms with van der Waals surface area (Å²) in [5.41, 5.74) is 1.17. The molecule has 0 aliphatic carbocycles. The van der Waals surface area contributed by atoms with Crippen LogP contribution in [0.15, 0.2) is 105 Å². The first-order valence-electron chi connectivity index (χ1n) is 10.0. The van der Waals surface area contributed by atoms with Gasteiger partial charge in [0, 0.05) is 24.8 Å². The van der Waals surface area contributed by atoms with Crippen LogP contribution >= 0.6 is 8.37 Å². The fraction of sp³-hybridized carbons (Fsp3) is 0.217. The van der Waals surface area contributed by atoms with Gasteiger partial charge in [-0.2, -0.15) is 4.13 Å². The lowest BCUT2D eigenvalue weighted by Gasteiger charge is -2.27. The number of benzene rings is 3. The van der Waals surface area contributed by atoms with Gasteiger partial charge in [-0.3, -0.25) is 0 Å². The molecular formula is C23H24N3OPS. The molecule has 4 nitrogen and oxygen atoms in total. The van der Waals surface area contributed by atoms with Gasteiger partial charge >= 0.3 is 0 Å². The maximum atomic E-state index is 14.5. The Bertz CT molecular complexity index is 1040. The van der Waals surface area contributed by atoms with Gasteiger partial charge in [-0.15, -0.1) is 0 Å². The van der Waals surface area contributed by atoms with Gasteiger partial charge < -0.3 is 4.67 Å². The third kappa shape index (κ3) is 3.48. The first kappa shape index (κ1) is 18.8. The largest absolute Gasteiger partial charge is 0.318 e. The molecule has 0 radical (unpaired) electrons. The fourth-order valence-electron chi connectivity index (χ4n) is 4.10. The van der Waals surface area contributed by atoms with Crippen molar-refractivity contribution in [3.63, 3.8) is 0 Å². The molecule has 0 bridgehead atoms. The van der Waals surface area contributed by atoms with Gasteiger partial charge in [0.2, 0.25) is 8.37 Å². The van der Waals surface area contributed by atoms with Crippen molar-refractivity contribution >= 4 is 23.8 Å². The van der Waals surface area contributed by atoms with Gasteiger partial charge in [0.15, 0.2) is 0 Å². The van der Waals surface area contributed by atoms with E-state index >= 15 is 0 Å². The van der Waals surface area contributed by atoms with Crippen LogP contribution in [0.3, 0.4) is 0 Å². The van der Waals surface area contributed by atoms with Crippen molar-refractivity contribution in [3.8, 4) is 0 Å². The number of anilines is 1. The summed E-state index contributed by atoms with van der Waals surface area (Å²) in [7, 11) is -3.78. The molecule has 2 aliphatic rings. The van der Waals surface area contributed by atoms with Crippen molar-refractivity contribution in [2.75, 3.05) is 17.8 Å². The van der Waals surface area contributed by atoms with E-state index in [4.69, 9.17) is 4.13 Å². The standard InChI is InChI=1S/C23H24N3OPS/c27-29(22-14-6-2-7-15-22,23-16-8-3-9-17-23)24-28-25-18-10-13-21(25)19-26(28)20-11-4-1-5-12-20/h1-9,11-12,14-17,21H,10,13,18-19H2/t21-,28?/m0/s1. The third-order valence-electron chi connectivity index (χ3n) is 5.54. The van der Waals surface area contributed by atoms with Crippen LogP contribution in [0.25, 0.3) is 0 Å². The summed E-state index contributed by atoms with van der Waals surface area (Å²) in [5, 5.41) is 0. The molecule has 0 N–H and O–H groups in total. The molecule has 2 fully saturated rings. The molecule has 1 unspecified atom stereocenters. The number of fused-ring (bicyclic) bond motifs is 1.